The summed E-state index contributed by atoms with van der Waals surface area (Å²) >= 11 is 7.48. The molecule has 3 rings (SSSR count). The van der Waals surface area contributed by atoms with Gasteiger partial charge >= 0.3 is 0 Å². The third-order valence-electron chi connectivity index (χ3n) is 4.96. The first-order valence-corrected chi connectivity index (χ1v) is 12.1. The molecule has 0 saturated heterocycles. The quantitative estimate of drug-likeness (QED) is 0.191. The van der Waals surface area contributed by atoms with Gasteiger partial charge in [-0.25, -0.2) is 9.98 Å². The van der Waals surface area contributed by atoms with Gasteiger partial charge in [0.15, 0.2) is 5.78 Å². The number of nitrogens with zero attached hydrogens (tertiary/aromatic N) is 2. The molecule has 1 unspecified atom stereocenters. The molecule has 2 N–H and O–H groups in total. The van der Waals surface area contributed by atoms with Gasteiger partial charge in [-0.2, -0.15) is 0 Å². The number of hydrogen-bond donors (Lipinski definition) is 2. The van der Waals surface area contributed by atoms with E-state index >= 15 is 0 Å². The van der Waals surface area contributed by atoms with Crippen LogP contribution in [0.4, 0.5) is 0 Å². The molecule has 0 aliphatic rings. The first-order valence-electron chi connectivity index (χ1n) is 10.5. The Bertz CT molecular complexity index is 1270. The Labute approximate surface area is 213 Å². The molecule has 2 aromatic carbocycles. The summed E-state index contributed by atoms with van der Waals surface area (Å²) in [5.74, 6) is 0.674. The van der Waals surface area contributed by atoms with Crippen molar-refractivity contribution in [3.63, 3.8) is 0 Å². The topological polar surface area (TPSA) is 100 Å². The van der Waals surface area contributed by atoms with E-state index in [9.17, 15) is 4.79 Å². The highest BCUT2D eigenvalue weighted by Crippen LogP contribution is 2.29. The number of Topliss-reactive ketones (excluding diaryl/α,β-unsaturated/α-hetero) is 1. The second-order valence-electron chi connectivity index (χ2n) is 7.25. The Morgan fingerprint density at radius 1 is 1.29 bits per heavy atom. The zero-order valence-corrected chi connectivity index (χ0v) is 20.9. The van der Waals surface area contributed by atoms with E-state index in [1.165, 1.54) is 30.5 Å². The predicted molar refractivity (Wildman–Crippen MR) is 144 cm³/mol. The summed E-state index contributed by atoms with van der Waals surface area (Å²) < 4.78 is 10.7. The molecule has 7 nitrogen and oxygen atoms in total. The highest BCUT2D eigenvalue weighted by molar-refractivity contribution is 8.13. The number of aliphatic imine (C=N–C) groups is 2. The van der Waals surface area contributed by atoms with Crippen LogP contribution in [-0.4, -0.2) is 42.7 Å². The maximum Gasteiger partial charge on any atom is 0.190 e. The number of benzene rings is 2. The van der Waals surface area contributed by atoms with Crippen LogP contribution in [0.3, 0.4) is 0 Å². The largest absolute Gasteiger partial charge is 0.497 e. The highest BCUT2D eigenvalue weighted by Gasteiger charge is 2.28. The fraction of sp³-hybridized carbons (Fsp3) is 0.154. The van der Waals surface area contributed by atoms with Crippen LogP contribution < -0.4 is 10.1 Å². The van der Waals surface area contributed by atoms with Gasteiger partial charge in [0.05, 0.1) is 18.9 Å². The minimum Gasteiger partial charge on any atom is -0.497 e. The lowest BCUT2D eigenvalue weighted by atomic mass is 9.98. The van der Waals surface area contributed by atoms with Gasteiger partial charge in [0, 0.05) is 29.6 Å². The van der Waals surface area contributed by atoms with Crippen LogP contribution in [-0.2, 0) is 6.54 Å². The van der Waals surface area contributed by atoms with Gasteiger partial charge in [-0.1, -0.05) is 42.4 Å². The lowest BCUT2D eigenvalue weighted by Gasteiger charge is -2.19. The Hall–Kier alpha value is -3.46. The van der Waals surface area contributed by atoms with Crippen LogP contribution in [0.5, 0.6) is 5.75 Å². The molecular weight excluding hydrogens is 484 g/mol. The number of ketones is 1. The molecule has 3 aromatic rings. The number of rotatable bonds is 11. The van der Waals surface area contributed by atoms with Crippen molar-refractivity contribution in [3.05, 3.63) is 89.6 Å². The van der Waals surface area contributed by atoms with E-state index < -0.39 is 6.04 Å². The van der Waals surface area contributed by atoms with Crippen molar-refractivity contribution in [2.45, 2.75) is 12.6 Å². The number of thioether (sulfide) groups is 1. The van der Waals surface area contributed by atoms with Crippen molar-refractivity contribution in [3.8, 4) is 16.9 Å². The summed E-state index contributed by atoms with van der Waals surface area (Å²) in [6.07, 6.45) is 7.09. The van der Waals surface area contributed by atoms with Crippen molar-refractivity contribution in [1.29, 1.82) is 5.41 Å². The van der Waals surface area contributed by atoms with Crippen molar-refractivity contribution in [2.24, 2.45) is 9.98 Å². The monoisotopic (exact) mass is 508 g/mol. The third-order valence-corrected chi connectivity index (χ3v) is 5.94. The van der Waals surface area contributed by atoms with E-state index in [0.717, 1.165) is 23.1 Å². The zero-order valence-electron chi connectivity index (χ0n) is 19.3. The van der Waals surface area contributed by atoms with Gasteiger partial charge < -0.3 is 14.6 Å². The second-order valence-corrected chi connectivity index (χ2v) is 8.52. The summed E-state index contributed by atoms with van der Waals surface area (Å²) in [5, 5.41) is 11.5. The second kappa shape index (κ2) is 12.9. The van der Waals surface area contributed by atoms with Crippen LogP contribution in [0.1, 0.15) is 15.9 Å². The Kier molecular flexibility index (Phi) is 9.60. The molecule has 1 aromatic heterocycles. The first kappa shape index (κ1) is 26.2. The normalized spacial score (nSPS) is 12.5. The Balaban J connectivity index is 1.98. The smallest absolute Gasteiger partial charge is 0.190 e. The van der Waals surface area contributed by atoms with Crippen LogP contribution in [0.15, 0.2) is 87.9 Å². The number of ether oxygens (including phenoxy) is 1. The minimum atomic E-state index is -0.807. The molecule has 0 spiro atoms. The van der Waals surface area contributed by atoms with Crippen LogP contribution in [0.2, 0.25) is 5.02 Å². The van der Waals surface area contributed by atoms with E-state index in [1.807, 2.05) is 42.7 Å². The number of carbonyl (C=O) groups excluding carboxylic acids is 1. The van der Waals surface area contributed by atoms with E-state index in [0.29, 0.717) is 27.7 Å². The lowest BCUT2D eigenvalue weighted by Crippen LogP contribution is -2.42. The maximum absolute atomic E-state index is 13.8. The predicted octanol–water partition coefficient (Wildman–Crippen LogP) is 5.90. The van der Waals surface area contributed by atoms with Crippen molar-refractivity contribution >= 4 is 46.6 Å². The number of methoxy groups -OCH3 is 1. The molecule has 180 valence electrons. The van der Waals surface area contributed by atoms with Crippen molar-refractivity contribution in [2.75, 3.05) is 13.4 Å². The van der Waals surface area contributed by atoms with E-state index in [1.54, 1.807) is 19.2 Å². The molecule has 0 fully saturated rings. The molecule has 35 heavy (non-hydrogen) atoms. The summed E-state index contributed by atoms with van der Waals surface area (Å²) in [6, 6.07) is 14.0. The van der Waals surface area contributed by atoms with Gasteiger partial charge in [0.2, 0.25) is 0 Å². The van der Waals surface area contributed by atoms with Gasteiger partial charge in [-0.3, -0.25) is 10.1 Å². The van der Waals surface area contributed by atoms with Gasteiger partial charge in [-0.15, -0.1) is 11.8 Å². The lowest BCUT2D eigenvalue weighted by molar-refractivity contribution is 0.0971. The first-order chi connectivity index (χ1) is 17.0. The number of hydrogen-bond acceptors (Lipinski definition) is 8. The minimum absolute atomic E-state index is 0.182. The molecule has 1 atom stereocenters. The molecule has 0 saturated carbocycles. The van der Waals surface area contributed by atoms with E-state index in [4.69, 9.17) is 26.2 Å². The highest BCUT2D eigenvalue weighted by atomic mass is 35.5. The molecule has 9 heteroatoms. The fourth-order valence-electron chi connectivity index (χ4n) is 3.32. The fourth-order valence-corrected chi connectivity index (χ4v) is 4.14. The van der Waals surface area contributed by atoms with Crippen LogP contribution >= 0.6 is 23.4 Å². The standard InChI is InChI=1S/C26H25ClN4O3S/c1-17(29-11-10-28)31-26(35-3)24(30-14-18-6-4-9-21(12-18)33-2)25(32)23-16-34-15-22(23)19-7-5-8-20(27)13-19/h4-13,15-16,24,28,30H,1,14H2,2-3H3. The van der Waals surface area contributed by atoms with E-state index in [-0.39, 0.29) is 11.6 Å². The summed E-state index contributed by atoms with van der Waals surface area (Å²) in [5.41, 5.74) is 2.73. The molecule has 1 heterocycles. The number of furan rings is 1. The molecule has 0 aliphatic heterocycles. The maximum atomic E-state index is 13.8. The molecular formula is C26H25ClN4O3S. The average molecular weight is 509 g/mol. The number of carbonyl (C=O) groups is 1. The number of halogens is 1. The SMILES string of the molecule is C=C(N=CC=N)N=C(SC)C(NCc1cccc(OC)c1)C(=O)c1cocc1-c1cccc(Cl)c1. The Morgan fingerprint density at radius 3 is 2.80 bits per heavy atom. The molecule has 0 radical (unpaired) electrons. The average Bonchev–Trinajstić information content (AvgIpc) is 3.37. The molecule has 0 amide bonds. The molecule has 0 aliphatic carbocycles. The van der Waals surface area contributed by atoms with Crippen molar-refractivity contribution in [1.82, 2.24) is 5.32 Å². The third kappa shape index (κ3) is 7.02. The molecule has 0 bridgehead atoms. The number of nitrogens with one attached hydrogen (secondary N) is 2. The summed E-state index contributed by atoms with van der Waals surface area (Å²) in [4.78, 5) is 22.3. The van der Waals surface area contributed by atoms with Gasteiger partial charge in [0.25, 0.3) is 0 Å². The van der Waals surface area contributed by atoms with Gasteiger partial charge in [0.1, 0.15) is 28.9 Å². The van der Waals surface area contributed by atoms with Crippen LogP contribution in [0.25, 0.3) is 11.1 Å². The summed E-state index contributed by atoms with van der Waals surface area (Å²) in [6.45, 7) is 4.19. The Morgan fingerprint density at radius 2 is 2.09 bits per heavy atom. The van der Waals surface area contributed by atoms with Gasteiger partial charge in [-0.05, 0) is 41.6 Å². The van der Waals surface area contributed by atoms with Crippen LogP contribution in [0, 0.1) is 5.41 Å². The van der Waals surface area contributed by atoms with E-state index in [2.05, 4.69) is 21.9 Å². The summed E-state index contributed by atoms with van der Waals surface area (Å²) in [7, 11) is 1.61. The zero-order chi connectivity index (χ0) is 25.2. The van der Waals surface area contributed by atoms with Crippen molar-refractivity contribution < 1.29 is 13.9 Å².